The lowest BCUT2D eigenvalue weighted by atomic mass is 10.2. The fourth-order valence-electron chi connectivity index (χ4n) is 1.58. The van der Waals surface area contributed by atoms with Crippen LogP contribution in [0.4, 0.5) is 0 Å². The predicted molar refractivity (Wildman–Crippen MR) is 66.6 cm³/mol. The number of nitrogens with zero attached hydrogens (tertiary/aromatic N) is 2. The second kappa shape index (κ2) is 8.41. The number of hydrogen-bond acceptors (Lipinski definition) is 7. The van der Waals surface area contributed by atoms with E-state index in [0.717, 1.165) is 10.1 Å². The molecule has 8 nitrogen and oxygen atoms in total. The van der Waals surface area contributed by atoms with Crippen LogP contribution in [0, 0.1) is 0 Å². The van der Waals surface area contributed by atoms with E-state index in [0.29, 0.717) is 12.8 Å². The number of amides is 2. The molecule has 0 aromatic rings. The van der Waals surface area contributed by atoms with Crippen LogP contribution in [0.25, 0.3) is 0 Å². The molecule has 0 aliphatic carbocycles. The van der Waals surface area contributed by atoms with Crippen LogP contribution >= 0.6 is 0 Å². The second-order valence-corrected chi connectivity index (χ2v) is 4.08. The second-order valence-electron chi connectivity index (χ2n) is 4.08. The normalized spacial score (nSPS) is 14.4. The van der Waals surface area contributed by atoms with Gasteiger partial charge in [-0.05, 0) is 18.1 Å². The summed E-state index contributed by atoms with van der Waals surface area (Å²) in [6.07, 6.45) is 3.61. The summed E-state index contributed by atoms with van der Waals surface area (Å²) in [5.74, 6) is -1.13. The first-order valence-corrected chi connectivity index (χ1v) is 6.26. The Labute approximate surface area is 116 Å². The number of imide groups is 1. The van der Waals surface area contributed by atoms with Crippen LogP contribution in [-0.4, -0.2) is 59.8 Å². The molecule has 1 aliphatic heterocycles. The molecule has 1 heterocycles. The monoisotopic (exact) mass is 286 g/mol. The number of aliphatic hydroxyl groups is 1. The summed E-state index contributed by atoms with van der Waals surface area (Å²) >= 11 is 0. The highest BCUT2D eigenvalue weighted by Crippen LogP contribution is 2.07. The third kappa shape index (κ3) is 5.47. The Morgan fingerprint density at radius 1 is 1.30 bits per heavy atom. The standard InChI is InChI=1S/C12H18N2O6/c1-13(19-9-8-15)20-12(18)4-2-3-7-14-10(16)5-6-11(14)17/h5-6,15H,2-4,7-9H2,1H3. The molecule has 0 bridgehead atoms. The van der Waals surface area contributed by atoms with Crippen LogP contribution in [0.15, 0.2) is 12.2 Å². The Kier molecular flexibility index (Phi) is 6.85. The number of rotatable bonds is 9. The summed E-state index contributed by atoms with van der Waals surface area (Å²) in [7, 11) is 1.40. The summed E-state index contributed by atoms with van der Waals surface area (Å²) < 4.78 is 0. The first-order valence-electron chi connectivity index (χ1n) is 6.26. The van der Waals surface area contributed by atoms with Crippen molar-refractivity contribution in [3.8, 4) is 0 Å². The molecule has 20 heavy (non-hydrogen) atoms. The van der Waals surface area contributed by atoms with Gasteiger partial charge < -0.3 is 9.94 Å². The van der Waals surface area contributed by atoms with E-state index in [-0.39, 0.29) is 38.0 Å². The average molecular weight is 286 g/mol. The molecule has 0 aromatic heterocycles. The molecule has 2 amide bonds. The maximum Gasteiger partial charge on any atom is 0.328 e. The molecule has 112 valence electrons. The molecular formula is C12H18N2O6. The molecule has 0 saturated heterocycles. The molecule has 0 saturated carbocycles. The van der Waals surface area contributed by atoms with E-state index < -0.39 is 5.97 Å². The van der Waals surface area contributed by atoms with Gasteiger partial charge in [0.05, 0.1) is 20.3 Å². The van der Waals surface area contributed by atoms with Crippen molar-refractivity contribution >= 4 is 17.8 Å². The number of carbonyl (C=O) groups is 3. The molecule has 0 atom stereocenters. The van der Waals surface area contributed by atoms with Gasteiger partial charge in [0.15, 0.2) is 0 Å². The number of carbonyl (C=O) groups excluding carboxylic acids is 3. The molecule has 1 N–H and O–H groups in total. The van der Waals surface area contributed by atoms with Crippen molar-refractivity contribution in [3.63, 3.8) is 0 Å². The summed E-state index contributed by atoms with van der Waals surface area (Å²) in [5, 5.41) is 9.40. The Morgan fingerprint density at radius 2 is 1.95 bits per heavy atom. The maximum absolute atomic E-state index is 11.4. The molecule has 0 unspecified atom stereocenters. The van der Waals surface area contributed by atoms with E-state index in [4.69, 9.17) is 14.8 Å². The first kappa shape index (κ1) is 16.3. The van der Waals surface area contributed by atoms with Crippen LogP contribution in [0.1, 0.15) is 19.3 Å². The van der Waals surface area contributed by atoms with Gasteiger partial charge in [0.1, 0.15) is 0 Å². The van der Waals surface area contributed by atoms with Gasteiger partial charge in [-0.25, -0.2) is 0 Å². The van der Waals surface area contributed by atoms with E-state index in [2.05, 4.69) is 0 Å². The van der Waals surface area contributed by atoms with Crippen molar-refractivity contribution in [1.29, 1.82) is 0 Å². The Hall–Kier alpha value is -1.77. The minimum Gasteiger partial charge on any atom is -0.394 e. The van der Waals surface area contributed by atoms with Gasteiger partial charge in [-0.15, -0.1) is 0 Å². The average Bonchev–Trinajstić information content (AvgIpc) is 2.72. The van der Waals surface area contributed by atoms with E-state index >= 15 is 0 Å². The van der Waals surface area contributed by atoms with Crippen molar-refractivity contribution in [2.24, 2.45) is 0 Å². The molecule has 0 radical (unpaired) electrons. The molecule has 8 heteroatoms. The third-order valence-corrected chi connectivity index (χ3v) is 2.51. The summed E-state index contributed by atoms with van der Waals surface area (Å²) in [6, 6.07) is 0. The van der Waals surface area contributed by atoms with Gasteiger partial charge >= 0.3 is 5.97 Å². The van der Waals surface area contributed by atoms with Gasteiger partial charge in [-0.2, -0.15) is 0 Å². The highest BCUT2D eigenvalue weighted by molar-refractivity contribution is 6.12. The quantitative estimate of drug-likeness (QED) is 0.343. The largest absolute Gasteiger partial charge is 0.394 e. The predicted octanol–water partition coefficient (Wildman–Crippen LogP) is -0.604. The van der Waals surface area contributed by atoms with Crippen molar-refractivity contribution in [3.05, 3.63) is 12.2 Å². The Bertz CT molecular complexity index is 377. The number of hydrogen-bond donors (Lipinski definition) is 1. The lowest BCUT2D eigenvalue weighted by Crippen LogP contribution is -2.31. The lowest BCUT2D eigenvalue weighted by molar-refractivity contribution is -0.333. The van der Waals surface area contributed by atoms with Gasteiger partial charge in [-0.1, -0.05) is 0 Å². The van der Waals surface area contributed by atoms with Crippen LogP contribution in [0.5, 0.6) is 0 Å². The zero-order valence-corrected chi connectivity index (χ0v) is 11.3. The smallest absolute Gasteiger partial charge is 0.328 e. The van der Waals surface area contributed by atoms with Crippen LogP contribution in [-0.2, 0) is 24.1 Å². The SMILES string of the molecule is CN(OCCO)OC(=O)CCCCN1C(=O)C=CC1=O. The number of aliphatic hydroxyl groups excluding tert-OH is 1. The van der Waals surface area contributed by atoms with Gasteiger partial charge in [0.2, 0.25) is 0 Å². The molecule has 0 spiro atoms. The maximum atomic E-state index is 11.4. The van der Waals surface area contributed by atoms with E-state index in [1.807, 2.05) is 0 Å². The number of hydroxylamine groups is 2. The summed E-state index contributed by atoms with van der Waals surface area (Å²) in [5.41, 5.74) is 0. The van der Waals surface area contributed by atoms with Crippen LogP contribution in [0.2, 0.25) is 0 Å². The lowest BCUT2D eigenvalue weighted by Gasteiger charge is -2.15. The third-order valence-electron chi connectivity index (χ3n) is 2.51. The summed E-state index contributed by atoms with van der Waals surface area (Å²) in [4.78, 5) is 44.6. The van der Waals surface area contributed by atoms with Crippen molar-refractivity contribution in [1.82, 2.24) is 10.1 Å². The van der Waals surface area contributed by atoms with Gasteiger partial charge in [0, 0.05) is 25.1 Å². The van der Waals surface area contributed by atoms with Crippen molar-refractivity contribution in [2.75, 3.05) is 26.8 Å². The molecular weight excluding hydrogens is 268 g/mol. The van der Waals surface area contributed by atoms with E-state index in [1.54, 1.807) is 0 Å². The molecule has 1 rings (SSSR count). The zero-order valence-electron chi connectivity index (χ0n) is 11.3. The minimum atomic E-state index is -0.484. The molecule has 0 aromatic carbocycles. The fraction of sp³-hybridized carbons (Fsp3) is 0.583. The minimum absolute atomic E-state index is 0.0377. The summed E-state index contributed by atoms with van der Waals surface area (Å²) in [6.45, 7) is 0.151. The van der Waals surface area contributed by atoms with Crippen molar-refractivity contribution in [2.45, 2.75) is 19.3 Å². The zero-order chi connectivity index (χ0) is 15.0. The van der Waals surface area contributed by atoms with Crippen LogP contribution < -0.4 is 0 Å². The Balaban J connectivity index is 2.10. The fourth-order valence-corrected chi connectivity index (χ4v) is 1.58. The highest BCUT2D eigenvalue weighted by Gasteiger charge is 2.22. The molecule has 1 aliphatic rings. The van der Waals surface area contributed by atoms with E-state index in [9.17, 15) is 14.4 Å². The molecule has 0 fully saturated rings. The van der Waals surface area contributed by atoms with Gasteiger partial charge in [0.25, 0.3) is 11.8 Å². The number of unbranched alkanes of at least 4 members (excludes halogenated alkanes) is 1. The van der Waals surface area contributed by atoms with Crippen molar-refractivity contribution < 1.29 is 29.2 Å². The van der Waals surface area contributed by atoms with Gasteiger partial charge in [-0.3, -0.25) is 24.1 Å². The highest BCUT2D eigenvalue weighted by atomic mass is 17.0. The first-order chi connectivity index (χ1) is 9.54. The van der Waals surface area contributed by atoms with Crippen LogP contribution in [0.3, 0.4) is 0 Å². The topological polar surface area (TPSA) is 96.4 Å². The van der Waals surface area contributed by atoms with E-state index in [1.165, 1.54) is 19.2 Å². The Morgan fingerprint density at radius 3 is 2.55 bits per heavy atom.